The van der Waals surface area contributed by atoms with Crippen LogP contribution in [-0.4, -0.2) is 20.7 Å². The van der Waals surface area contributed by atoms with Gasteiger partial charge in [0, 0.05) is 12.2 Å². The van der Waals surface area contributed by atoms with Gasteiger partial charge in [0.25, 0.3) is 0 Å². The third kappa shape index (κ3) is 2.79. The Bertz CT molecular complexity index is 634. The molecule has 106 valence electrons. The summed E-state index contributed by atoms with van der Waals surface area (Å²) in [5.74, 6) is 0.221. The molecule has 0 aliphatic heterocycles. The number of anilines is 1. The number of ether oxygens (including phenoxy) is 1. The molecule has 0 amide bonds. The molecule has 6 heteroatoms. The van der Waals surface area contributed by atoms with E-state index < -0.39 is 5.97 Å². The van der Waals surface area contributed by atoms with Crippen LogP contribution in [0.3, 0.4) is 0 Å². The van der Waals surface area contributed by atoms with Crippen LogP contribution in [0.5, 0.6) is 0 Å². The van der Waals surface area contributed by atoms with E-state index >= 15 is 0 Å². The molecule has 0 saturated carbocycles. The van der Waals surface area contributed by atoms with Crippen LogP contribution in [0.2, 0.25) is 0 Å². The van der Waals surface area contributed by atoms with Crippen LogP contribution in [0.1, 0.15) is 34.2 Å². The van der Waals surface area contributed by atoms with E-state index in [4.69, 9.17) is 10.5 Å². The highest BCUT2D eigenvalue weighted by Gasteiger charge is 2.14. The van der Waals surface area contributed by atoms with Crippen LogP contribution in [-0.2, 0) is 17.9 Å². The van der Waals surface area contributed by atoms with Gasteiger partial charge in [-0.05, 0) is 38.0 Å². The van der Waals surface area contributed by atoms with Crippen molar-refractivity contribution < 1.29 is 9.53 Å². The van der Waals surface area contributed by atoms with Gasteiger partial charge >= 0.3 is 5.97 Å². The second-order valence-corrected chi connectivity index (χ2v) is 4.59. The largest absolute Gasteiger partial charge is 0.454 e. The standard InChI is InChI=1S/C14H18N4O2/c1-4-18-13(16-8-17-18)7-20-14(19)11-6-12(15)10(3)5-9(11)2/h5-6,8H,4,7,15H2,1-3H3. The van der Waals surface area contributed by atoms with Crippen LogP contribution in [0.15, 0.2) is 18.5 Å². The van der Waals surface area contributed by atoms with Crippen LogP contribution in [0, 0.1) is 13.8 Å². The molecule has 0 fully saturated rings. The van der Waals surface area contributed by atoms with Crippen molar-refractivity contribution in [2.24, 2.45) is 0 Å². The van der Waals surface area contributed by atoms with Crippen LogP contribution in [0.25, 0.3) is 0 Å². The van der Waals surface area contributed by atoms with Crippen molar-refractivity contribution in [3.8, 4) is 0 Å². The van der Waals surface area contributed by atoms with Crippen molar-refractivity contribution in [1.82, 2.24) is 14.8 Å². The molecule has 1 heterocycles. The number of benzene rings is 1. The fraction of sp³-hybridized carbons (Fsp3) is 0.357. The SMILES string of the molecule is CCn1ncnc1COC(=O)c1cc(N)c(C)cc1C. The molecule has 0 unspecified atom stereocenters. The van der Waals surface area contributed by atoms with Gasteiger partial charge in [-0.15, -0.1) is 0 Å². The summed E-state index contributed by atoms with van der Waals surface area (Å²) in [5, 5.41) is 4.02. The third-order valence-electron chi connectivity index (χ3n) is 3.16. The number of hydrogen-bond acceptors (Lipinski definition) is 5. The molecule has 0 spiro atoms. The highest BCUT2D eigenvalue weighted by molar-refractivity contribution is 5.92. The van der Waals surface area contributed by atoms with E-state index in [-0.39, 0.29) is 6.61 Å². The number of nitrogen functional groups attached to an aromatic ring is 1. The molecule has 1 aromatic carbocycles. The van der Waals surface area contributed by atoms with Crippen molar-refractivity contribution in [3.05, 3.63) is 41.0 Å². The van der Waals surface area contributed by atoms with Crippen molar-refractivity contribution in [2.45, 2.75) is 33.9 Å². The van der Waals surface area contributed by atoms with Gasteiger partial charge in [-0.2, -0.15) is 5.10 Å². The van der Waals surface area contributed by atoms with Gasteiger partial charge in [0.2, 0.25) is 0 Å². The first-order valence-electron chi connectivity index (χ1n) is 6.43. The molecule has 20 heavy (non-hydrogen) atoms. The van der Waals surface area contributed by atoms with E-state index in [1.807, 2.05) is 26.8 Å². The summed E-state index contributed by atoms with van der Waals surface area (Å²) < 4.78 is 6.96. The Hall–Kier alpha value is -2.37. The highest BCUT2D eigenvalue weighted by atomic mass is 16.5. The summed E-state index contributed by atoms with van der Waals surface area (Å²) in [7, 11) is 0. The molecule has 2 N–H and O–H groups in total. The predicted octanol–water partition coefficient (Wildman–Crippen LogP) is 1.85. The lowest BCUT2D eigenvalue weighted by Gasteiger charge is -2.10. The maximum atomic E-state index is 12.1. The average molecular weight is 274 g/mol. The summed E-state index contributed by atoms with van der Waals surface area (Å²) in [4.78, 5) is 16.1. The lowest BCUT2D eigenvalue weighted by atomic mass is 10.0. The zero-order valence-corrected chi connectivity index (χ0v) is 11.9. The number of aryl methyl sites for hydroxylation is 3. The first kappa shape index (κ1) is 14.0. The highest BCUT2D eigenvalue weighted by Crippen LogP contribution is 2.19. The number of carbonyl (C=O) groups excluding carboxylic acids is 1. The van der Waals surface area contributed by atoms with Crippen molar-refractivity contribution in [1.29, 1.82) is 0 Å². The van der Waals surface area contributed by atoms with E-state index in [2.05, 4.69) is 10.1 Å². The molecule has 1 aromatic heterocycles. The summed E-state index contributed by atoms with van der Waals surface area (Å²) >= 11 is 0. The summed E-state index contributed by atoms with van der Waals surface area (Å²) in [6, 6.07) is 3.53. The molecule has 6 nitrogen and oxygen atoms in total. The van der Waals surface area contributed by atoms with Crippen LogP contribution >= 0.6 is 0 Å². The molecule has 2 aromatic rings. The Morgan fingerprint density at radius 3 is 2.80 bits per heavy atom. The number of hydrogen-bond donors (Lipinski definition) is 1. The van der Waals surface area contributed by atoms with Gasteiger partial charge in [-0.1, -0.05) is 6.07 Å². The first-order chi connectivity index (χ1) is 9.52. The molecular formula is C14H18N4O2. The molecule has 0 aliphatic carbocycles. The zero-order valence-electron chi connectivity index (χ0n) is 11.9. The quantitative estimate of drug-likeness (QED) is 0.679. The predicted molar refractivity (Wildman–Crippen MR) is 75.1 cm³/mol. The van der Waals surface area contributed by atoms with E-state index in [0.717, 1.165) is 11.1 Å². The minimum atomic E-state index is -0.403. The molecule has 0 bridgehead atoms. The maximum Gasteiger partial charge on any atom is 0.338 e. The van der Waals surface area contributed by atoms with Gasteiger partial charge in [-0.25, -0.2) is 14.5 Å². The summed E-state index contributed by atoms with van der Waals surface area (Å²) in [6.07, 6.45) is 1.45. The van der Waals surface area contributed by atoms with E-state index in [1.54, 1.807) is 10.7 Å². The third-order valence-corrected chi connectivity index (χ3v) is 3.16. The van der Waals surface area contributed by atoms with Gasteiger partial charge in [-0.3, -0.25) is 0 Å². The second-order valence-electron chi connectivity index (χ2n) is 4.59. The molecular weight excluding hydrogens is 256 g/mol. The van der Waals surface area contributed by atoms with E-state index in [0.29, 0.717) is 23.6 Å². The van der Waals surface area contributed by atoms with E-state index in [9.17, 15) is 4.79 Å². The van der Waals surface area contributed by atoms with Gasteiger partial charge < -0.3 is 10.5 Å². The number of esters is 1. The molecule has 0 saturated heterocycles. The topological polar surface area (TPSA) is 83.0 Å². The number of nitrogens with two attached hydrogens (primary N) is 1. The first-order valence-corrected chi connectivity index (χ1v) is 6.43. The average Bonchev–Trinajstić information content (AvgIpc) is 2.87. The summed E-state index contributed by atoms with van der Waals surface area (Å²) in [5.41, 5.74) is 8.69. The Labute approximate surface area is 117 Å². The van der Waals surface area contributed by atoms with Crippen molar-refractivity contribution in [2.75, 3.05) is 5.73 Å². The fourth-order valence-electron chi connectivity index (χ4n) is 1.96. The second kappa shape index (κ2) is 5.73. The number of nitrogens with zero attached hydrogens (tertiary/aromatic N) is 3. The van der Waals surface area contributed by atoms with Gasteiger partial charge in [0.1, 0.15) is 6.33 Å². The van der Waals surface area contributed by atoms with Gasteiger partial charge in [0.05, 0.1) is 5.56 Å². The summed E-state index contributed by atoms with van der Waals surface area (Å²) in [6.45, 7) is 6.49. The lowest BCUT2D eigenvalue weighted by Crippen LogP contribution is -2.12. The minimum Gasteiger partial charge on any atom is -0.454 e. The lowest BCUT2D eigenvalue weighted by molar-refractivity contribution is 0.0456. The Kier molecular flexibility index (Phi) is 4.02. The fourth-order valence-corrected chi connectivity index (χ4v) is 1.96. The normalized spacial score (nSPS) is 10.6. The zero-order chi connectivity index (χ0) is 14.7. The number of rotatable bonds is 4. The van der Waals surface area contributed by atoms with Crippen molar-refractivity contribution >= 4 is 11.7 Å². The Balaban J connectivity index is 2.11. The molecule has 0 radical (unpaired) electrons. The number of carbonyl (C=O) groups is 1. The smallest absolute Gasteiger partial charge is 0.338 e. The Morgan fingerprint density at radius 2 is 2.10 bits per heavy atom. The maximum absolute atomic E-state index is 12.1. The van der Waals surface area contributed by atoms with Gasteiger partial charge in [0.15, 0.2) is 12.4 Å². The molecule has 2 rings (SSSR count). The van der Waals surface area contributed by atoms with Crippen molar-refractivity contribution in [3.63, 3.8) is 0 Å². The monoisotopic (exact) mass is 274 g/mol. The molecule has 0 atom stereocenters. The van der Waals surface area contributed by atoms with E-state index in [1.165, 1.54) is 6.33 Å². The van der Waals surface area contributed by atoms with Crippen LogP contribution < -0.4 is 5.73 Å². The molecule has 0 aliphatic rings. The Morgan fingerprint density at radius 1 is 1.35 bits per heavy atom. The minimum absolute atomic E-state index is 0.0971. The number of aromatic nitrogens is 3. The van der Waals surface area contributed by atoms with Crippen LogP contribution in [0.4, 0.5) is 5.69 Å².